The predicted molar refractivity (Wildman–Crippen MR) is 67.8 cm³/mol. The highest BCUT2D eigenvalue weighted by atomic mass is 19.1. The van der Waals surface area contributed by atoms with Crippen LogP contribution in [0.2, 0.25) is 0 Å². The molecule has 96 valence electrons. The maximum Gasteiger partial charge on any atom is 0.126 e. The molecule has 1 atom stereocenters. The van der Waals surface area contributed by atoms with Crippen LogP contribution in [0.5, 0.6) is 5.75 Å². The summed E-state index contributed by atoms with van der Waals surface area (Å²) >= 11 is 0. The first-order valence-corrected chi connectivity index (χ1v) is 5.75. The van der Waals surface area contributed by atoms with E-state index in [1.165, 1.54) is 6.07 Å². The fourth-order valence-electron chi connectivity index (χ4n) is 1.49. The van der Waals surface area contributed by atoms with E-state index in [1.807, 2.05) is 25.9 Å². The molecule has 0 bridgehead atoms. The van der Waals surface area contributed by atoms with E-state index in [9.17, 15) is 4.39 Å². The number of benzene rings is 1. The van der Waals surface area contributed by atoms with Crippen molar-refractivity contribution in [3.8, 4) is 5.75 Å². The summed E-state index contributed by atoms with van der Waals surface area (Å²) in [6, 6.07) is 2.94. The number of rotatable bonds is 5. The van der Waals surface area contributed by atoms with Crippen LogP contribution in [-0.2, 0) is 0 Å². The Morgan fingerprint density at radius 2 is 2.06 bits per heavy atom. The van der Waals surface area contributed by atoms with Gasteiger partial charge in [-0.25, -0.2) is 4.39 Å². The molecular formula is C13H21FN2O. The zero-order chi connectivity index (χ0) is 13.0. The van der Waals surface area contributed by atoms with Gasteiger partial charge in [-0.3, -0.25) is 0 Å². The summed E-state index contributed by atoms with van der Waals surface area (Å²) < 4.78 is 19.1. The second-order valence-corrected chi connectivity index (χ2v) is 4.58. The van der Waals surface area contributed by atoms with Crippen molar-refractivity contribution < 1.29 is 9.13 Å². The molecule has 1 aromatic carbocycles. The number of ether oxygens (including phenoxy) is 1. The average molecular weight is 240 g/mol. The van der Waals surface area contributed by atoms with Crippen molar-refractivity contribution in [3.63, 3.8) is 0 Å². The molecule has 4 heteroatoms. The lowest BCUT2D eigenvalue weighted by Crippen LogP contribution is -2.20. The molecule has 17 heavy (non-hydrogen) atoms. The average Bonchev–Trinajstić information content (AvgIpc) is 2.22. The molecule has 2 N–H and O–H groups in total. The highest BCUT2D eigenvalue weighted by molar-refractivity contribution is 5.39. The van der Waals surface area contributed by atoms with Crippen LogP contribution in [0, 0.1) is 12.7 Å². The molecule has 0 amide bonds. The van der Waals surface area contributed by atoms with Gasteiger partial charge in [0, 0.05) is 18.2 Å². The minimum atomic E-state index is -0.239. The van der Waals surface area contributed by atoms with Gasteiger partial charge in [-0.05, 0) is 45.6 Å². The monoisotopic (exact) mass is 240 g/mol. The summed E-state index contributed by atoms with van der Waals surface area (Å²) in [7, 11) is 3.96. The van der Waals surface area contributed by atoms with Crippen LogP contribution in [0.1, 0.15) is 24.1 Å². The van der Waals surface area contributed by atoms with Crippen molar-refractivity contribution in [3.05, 3.63) is 29.1 Å². The number of aryl methyl sites for hydroxylation is 1. The lowest BCUT2D eigenvalue weighted by atomic mass is 10.1. The summed E-state index contributed by atoms with van der Waals surface area (Å²) in [5, 5.41) is 0. The second kappa shape index (κ2) is 5.98. The molecule has 0 spiro atoms. The quantitative estimate of drug-likeness (QED) is 0.856. The van der Waals surface area contributed by atoms with Gasteiger partial charge in [0.2, 0.25) is 0 Å². The van der Waals surface area contributed by atoms with E-state index in [4.69, 9.17) is 10.5 Å². The van der Waals surface area contributed by atoms with Crippen molar-refractivity contribution in [2.45, 2.75) is 19.9 Å². The SMILES string of the molecule is Cc1cc(OCCN(C)C)c([C@@H](C)N)cc1F. The van der Waals surface area contributed by atoms with Crippen molar-refractivity contribution in [2.75, 3.05) is 27.2 Å². The van der Waals surface area contributed by atoms with Gasteiger partial charge in [0.15, 0.2) is 0 Å². The first-order valence-electron chi connectivity index (χ1n) is 5.75. The number of hydrogen-bond acceptors (Lipinski definition) is 3. The Bertz CT molecular complexity index is 378. The summed E-state index contributed by atoms with van der Waals surface area (Å²) in [5.74, 6) is 0.443. The largest absolute Gasteiger partial charge is 0.492 e. The topological polar surface area (TPSA) is 38.5 Å². The number of nitrogens with zero attached hydrogens (tertiary/aromatic N) is 1. The summed E-state index contributed by atoms with van der Waals surface area (Å²) in [6.07, 6.45) is 0. The zero-order valence-corrected chi connectivity index (χ0v) is 11.0. The molecule has 0 saturated heterocycles. The molecule has 0 aliphatic heterocycles. The van der Waals surface area contributed by atoms with Gasteiger partial charge >= 0.3 is 0 Å². The number of halogens is 1. The highest BCUT2D eigenvalue weighted by Gasteiger charge is 2.12. The van der Waals surface area contributed by atoms with E-state index in [-0.39, 0.29) is 11.9 Å². The molecule has 1 aromatic rings. The van der Waals surface area contributed by atoms with Crippen LogP contribution in [0.25, 0.3) is 0 Å². The number of hydrogen-bond donors (Lipinski definition) is 1. The van der Waals surface area contributed by atoms with Crippen LogP contribution in [0.4, 0.5) is 4.39 Å². The fraction of sp³-hybridized carbons (Fsp3) is 0.538. The van der Waals surface area contributed by atoms with Gasteiger partial charge in [0.05, 0.1) is 0 Å². The van der Waals surface area contributed by atoms with Crippen molar-refractivity contribution in [2.24, 2.45) is 5.73 Å². The van der Waals surface area contributed by atoms with E-state index in [0.717, 1.165) is 6.54 Å². The maximum atomic E-state index is 13.5. The van der Waals surface area contributed by atoms with Gasteiger partial charge in [0.1, 0.15) is 18.2 Å². The Morgan fingerprint density at radius 3 is 2.59 bits per heavy atom. The summed E-state index contributed by atoms with van der Waals surface area (Å²) in [6.45, 7) is 4.93. The minimum Gasteiger partial charge on any atom is -0.492 e. The standard InChI is InChI=1S/C13H21FN2O/c1-9-7-13(17-6-5-16(3)4)11(10(2)15)8-12(9)14/h7-8,10H,5-6,15H2,1-4H3/t10-/m1/s1. The molecule has 0 saturated carbocycles. The van der Waals surface area contributed by atoms with Crippen LogP contribution in [0.15, 0.2) is 12.1 Å². The molecular weight excluding hydrogens is 219 g/mol. The maximum absolute atomic E-state index is 13.5. The van der Waals surface area contributed by atoms with Crippen LogP contribution in [-0.4, -0.2) is 32.1 Å². The Balaban J connectivity index is 2.85. The van der Waals surface area contributed by atoms with E-state index >= 15 is 0 Å². The summed E-state index contributed by atoms with van der Waals surface area (Å²) in [4.78, 5) is 2.03. The first-order chi connectivity index (χ1) is 7.91. The van der Waals surface area contributed by atoms with E-state index < -0.39 is 0 Å². The molecule has 0 aliphatic carbocycles. The van der Waals surface area contributed by atoms with E-state index in [2.05, 4.69) is 0 Å². The Morgan fingerprint density at radius 1 is 1.41 bits per heavy atom. The van der Waals surface area contributed by atoms with Crippen LogP contribution < -0.4 is 10.5 Å². The van der Waals surface area contributed by atoms with E-state index in [0.29, 0.717) is 23.5 Å². The number of likely N-dealkylation sites (N-methyl/N-ethyl adjacent to an activating group) is 1. The lowest BCUT2D eigenvalue weighted by molar-refractivity contribution is 0.258. The summed E-state index contributed by atoms with van der Waals surface area (Å²) in [5.41, 5.74) is 7.10. The second-order valence-electron chi connectivity index (χ2n) is 4.58. The third-order valence-electron chi connectivity index (χ3n) is 2.58. The molecule has 1 rings (SSSR count). The fourth-order valence-corrected chi connectivity index (χ4v) is 1.49. The van der Waals surface area contributed by atoms with Crippen molar-refractivity contribution in [1.29, 1.82) is 0 Å². The predicted octanol–water partition coefficient (Wildman–Crippen LogP) is 2.09. The molecule has 0 fully saturated rings. The van der Waals surface area contributed by atoms with Crippen molar-refractivity contribution in [1.82, 2.24) is 4.90 Å². The van der Waals surface area contributed by atoms with Crippen LogP contribution in [0.3, 0.4) is 0 Å². The smallest absolute Gasteiger partial charge is 0.126 e. The van der Waals surface area contributed by atoms with Gasteiger partial charge in [-0.15, -0.1) is 0 Å². The Labute approximate surface area is 102 Å². The first kappa shape index (κ1) is 13.9. The molecule has 0 aromatic heterocycles. The Kier molecular flexibility index (Phi) is 4.90. The third-order valence-corrected chi connectivity index (χ3v) is 2.58. The molecule has 0 aliphatic rings. The molecule has 0 unspecified atom stereocenters. The van der Waals surface area contributed by atoms with Gasteiger partial charge in [-0.1, -0.05) is 0 Å². The van der Waals surface area contributed by atoms with Gasteiger partial charge in [0.25, 0.3) is 0 Å². The number of nitrogens with two attached hydrogens (primary N) is 1. The normalized spacial score (nSPS) is 12.9. The highest BCUT2D eigenvalue weighted by Crippen LogP contribution is 2.27. The lowest BCUT2D eigenvalue weighted by Gasteiger charge is -2.17. The van der Waals surface area contributed by atoms with E-state index in [1.54, 1.807) is 13.0 Å². The third kappa shape index (κ3) is 3.98. The van der Waals surface area contributed by atoms with Gasteiger partial charge in [-0.2, -0.15) is 0 Å². The van der Waals surface area contributed by atoms with Gasteiger partial charge < -0.3 is 15.4 Å². The minimum absolute atomic E-state index is 0.237. The van der Waals surface area contributed by atoms with Crippen molar-refractivity contribution >= 4 is 0 Å². The zero-order valence-electron chi connectivity index (χ0n) is 11.0. The molecule has 3 nitrogen and oxygen atoms in total. The Hall–Kier alpha value is -1.13. The molecule has 0 radical (unpaired) electrons. The van der Waals surface area contributed by atoms with Crippen LogP contribution >= 0.6 is 0 Å². The molecule has 0 heterocycles.